The van der Waals surface area contributed by atoms with Crippen LogP contribution < -0.4 is 19.1 Å². The number of hydrogen-bond acceptors (Lipinski definition) is 8. The summed E-state index contributed by atoms with van der Waals surface area (Å²) in [7, 11) is 4.69. The molecule has 2 saturated heterocycles. The van der Waals surface area contributed by atoms with Crippen molar-refractivity contribution in [3.63, 3.8) is 0 Å². The Morgan fingerprint density at radius 3 is 2.45 bits per heavy atom. The van der Waals surface area contributed by atoms with Crippen molar-refractivity contribution in [2.24, 2.45) is 0 Å². The van der Waals surface area contributed by atoms with E-state index in [1.54, 1.807) is 33.5 Å². The number of ether oxygens (including phenoxy) is 3. The van der Waals surface area contributed by atoms with Crippen molar-refractivity contribution in [2.45, 2.75) is 28.7 Å². The molecule has 0 saturated carbocycles. The molecule has 11 heteroatoms. The zero-order valence-corrected chi connectivity index (χ0v) is 27.6. The van der Waals surface area contributed by atoms with E-state index >= 15 is 0 Å². The number of imidazole rings is 1. The lowest BCUT2D eigenvalue weighted by molar-refractivity contribution is 0.0769. The van der Waals surface area contributed by atoms with Crippen molar-refractivity contribution in [3.8, 4) is 17.2 Å². The fourth-order valence-electron chi connectivity index (χ4n) is 6.56. The molecule has 2 fully saturated rings. The fraction of sp³-hybridized carbons (Fsp3) is 0.424. The minimum atomic E-state index is -0.275. The van der Waals surface area contributed by atoms with Crippen molar-refractivity contribution in [1.29, 1.82) is 0 Å². The van der Waals surface area contributed by atoms with Gasteiger partial charge in [0.05, 0.1) is 36.4 Å². The van der Waals surface area contributed by atoms with Crippen molar-refractivity contribution >= 4 is 45.5 Å². The van der Waals surface area contributed by atoms with Crippen LogP contribution in [-0.2, 0) is 5.41 Å². The van der Waals surface area contributed by atoms with Gasteiger partial charge in [0.1, 0.15) is 0 Å². The molecule has 2 aliphatic heterocycles. The molecule has 6 rings (SSSR count). The number of carbonyl (C=O) groups excluding carboxylic acids is 1. The maximum atomic E-state index is 14.0. The highest BCUT2D eigenvalue weighted by Crippen LogP contribution is 2.47. The summed E-state index contributed by atoms with van der Waals surface area (Å²) in [4.78, 5) is 34.1. The Balaban J connectivity index is 1.19. The van der Waals surface area contributed by atoms with Crippen LogP contribution in [0.5, 0.6) is 17.2 Å². The van der Waals surface area contributed by atoms with Gasteiger partial charge in [0.15, 0.2) is 11.5 Å². The smallest absolute Gasteiger partial charge is 0.255 e. The second-order valence-electron chi connectivity index (χ2n) is 11.4. The van der Waals surface area contributed by atoms with Crippen molar-refractivity contribution in [2.75, 3.05) is 65.5 Å². The van der Waals surface area contributed by atoms with Crippen molar-refractivity contribution < 1.29 is 19.0 Å². The van der Waals surface area contributed by atoms with Crippen LogP contribution in [0, 0.1) is 0 Å². The summed E-state index contributed by atoms with van der Waals surface area (Å²) in [5.74, 6) is 2.29. The summed E-state index contributed by atoms with van der Waals surface area (Å²) >= 11 is 2.46. The molecule has 0 radical (unpaired) electrons. The van der Waals surface area contributed by atoms with E-state index in [4.69, 9.17) is 24.2 Å². The molecule has 2 unspecified atom stereocenters. The van der Waals surface area contributed by atoms with E-state index in [9.17, 15) is 4.79 Å². The van der Waals surface area contributed by atoms with Crippen LogP contribution in [0.3, 0.4) is 0 Å². The van der Waals surface area contributed by atoms with Gasteiger partial charge >= 0.3 is 0 Å². The molecular formula is C33H39IN6O4. The van der Waals surface area contributed by atoms with E-state index in [1.165, 1.54) is 0 Å². The van der Waals surface area contributed by atoms with Crippen molar-refractivity contribution in [3.05, 3.63) is 72.1 Å². The average molecular weight is 711 g/mol. The van der Waals surface area contributed by atoms with Crippen LogP contribution in [0.4, 0.5) is 5.95 Å². The molecule has 0 spiro atoms. The number of benzene rings is 2. The van der Waals surface area contributed by atoms with Gasteiger partial charge in [-0.25, -0.2) is 4.98 Å². The number of rotatable bonds is 9. The number of aromatic amines is 1. The summed E-state index contributed by atoms with van der Waals surface area (Å²) in [5, 5.41) is 0. The van der Waals surface area contributed by atoms with E-state index in [2.05, 4.69) is 49.5 Å². The van der Waals surface area contributed by atoms with Gasteiger partial charge < -0.3 is 33.9 Å². The molecule has 10 nitrogen and oxygen atoms in total. The largest absolute Gasteiger partial charge is 0.493 e. The third kappa shape index (κ3) is 5.79. The summed E-state index contributed by atoms with van der Waals surface area (Å²) in [5.41, 5.74) is 3.35. The first-order valence-electron chi connectivity index (χ1n) is 15.1. The topological polar surface area (TPSA) is 96.1 Å². The molecule has 1 N–H and O–H groups in total. The van der Waals surface area contributed by atoms with E-state index in [1.807, 2.05) is 41.4 Å². The summed E-state index contributed by atoms with van der Waals surface area (Å²) in [6, 6.07) is 17.8. The molecule has 0 aliphatic carbocycles. The monoisotopic (exact) mass is 710 g/mol. The predicted octanol–water partition coefficient (Wildman–Crippen LogP) is 5.13. The van der Waals surface area contributed by atoms with Gasteiger partial charge in [0.2, 0.25) is 11.7 Å². The number of nitrogens with one attached hydrogen (secondary N) is 1. The molecule has 0 bridgehead atoms. The van der Waals surface area contributed by atoms with Crippen LogP contribution >= 0.6 is 22.6 Å². The van der Waals surface area contributed by atoms with E-state index in [0.29, 0.717) is 29.4 Å². The summed E-state index contributed by atoms with van der Waals surface area (Å²) < 4.78 is 16.5. The number of H-pyrrole nitrogens is 1. The summed E-state index contributed by atoms with van der Waals surface area (Å²) in [6.07, 6.45) is 4.67. The second kappa shape index (κ2) is 13.2. The first kappa shape index (κ1) is 30.4. The zero-order valence-electron chi connectivity index (χ0n) is 25.5. The van der Waals surface area contributed by atoms with E-state index in [-0.39, 0.29) is 15.4 Å². The number of fused-ring (bicyclic) bond motifs is 1. The van der Waals surface area contributed by atoms with Gasteiger partial charge in [-0.3, -0.25) is 9.78 Å². The Kier molecular flexibility index (Phi) is 9.13. The highest BCUT2D eigenvalue weighted by Gasteiger charge is 2.50. The van der Waals surface area contributed by atoms with Crippen LogP contribution in [0.1, 0.15) is 35.3 Å². The lowest BCUT2D eigenvalue weighted by Crippen LogP contribution is -2.44. The molecular weight excluding hydrogens is 671 g/mol. The quantitative estimate of drug-likeness (QED) is 0.145. The lowest BCUT2D eigenvalue weighted by atomic mass is 9.79. The number of halogens is 1. The highest BCUT2D eigenvalue weighted by molar-refractivity contribution is 14.1. The number of likely N-dealkylation sites (tertiary alicyclic amines) is 1. The lowest BCUT2D eigenvalue weighted by Gasteiger charge is -2.36. The molecule has 1 amide bonds. The molecule has 4 heterocycles. The van der Waals surface area contributed by atoms with E-state index < -0.39 is 0 Å². The number of methoxy groups -OCH3 is 3. The number of para-hydroxylation sites is 2. The normalized spacial score (nSPS) is 21.0. The SMILES string of the molecule is COc1cc(C(=O)N2CCC(CCN3CCCN(c4nc5ccccc5[nH]4)CC3)(c3ccccn3)C2I)cc(OC)c1OC. The summed E-state index contributed by atoms with van der Waals surface area (Å²) in [6.45, 7) is 5.42. The van der Waals surface area contributed by atoms with Gasteiger partial charge in [-0.2, -0.15) is 0 Å². The number of hydrogen-bond donors (Lipinski definition) is 1. The molecule has 2 aliphatic rings. The molecule has 4 aromatic rings. The second-order valence-corrected chi connectivity index (χ2v) is 12.6. The molecule has 2 aromatic heterocycles. The van der Waals surface area contributed by atoms with Crippen LogP contribution in [0.15, 0.2) is 60.8 Å². The Morgan fingerprint density at radius 1 is 0.977 bits per heavy atom. The number of anilines is 1. The number of pyridine rings is 1. The number of alkyl halides is 1. The standard InChI is InChI=1S/C33H39IN6O4/c1-42-26-21-23(22-27(43-2)29(26)44-3)30(41)40-18-13-33(31(40)34,28-11-6-7-14-35-28)12-17-38-15-8-16-39(20-19-38)32-36-24-9-4-5-10-25(24)37-32/h4-7,9-11,14,21-22,31H,8,12-13,15-20H2,1-3H3,(H,36,37). The van der Waals surface area contributed by atoms with Crippen LogP contribution in [0.2, 0.25) is 0 Å². The predicted molar refractivity (Wildman–Crippen MR) is 179 cm³/mol. The fourth-order valence-corrected chi connectivity index (χ4v) is 8.03. The molecule has 2 aromatic carbocycles. The number of amides is 1. The van der Waals surface area contributed by atoms with Gasteiger partial charge in [0, 0.05) is 49.0 Å². The molecule has 232 valence electrons. The zero-order chi connectivity index (χ0) is 30.7. The maximum Gasteiger partial charge on any atom is 0.255 e. The number of aromatic nitrogens is 3. The molecule has 44 heavy (non-hydrogen) atoms. The Morgan fingerprint density at radius 2 is 1.75 bits per heavy atom. The van der Waals surface area contributed by atoms with Crippen LogP contribution in [0.25, 0.3) is 11.0 Å². The first-order valence-corrected chi connectivity index (χ1v) is 16.3. The van der Waals surface area contributed by atoms with Gasteiger partial charge in [0.25, 0.3) is 5.91 Å². The third-order valence-corrected chi connectivity index (χ3v) is 10.9. The van der Waals surface area contributed by atoms with Crippen LogP contribution in [-0.4, -0.2) is 95.3 Å². The minimum absolute atomic E-state index is 0.0577. The maximum absolute atomic E-state index is 14.0. The van der Waals surface area contributed by atoms with Gasteiger partial charge in [-0.15, -0.1) is 0 Å². The van der Waals surface area contributed by atoms with E-state index in [0.717, 1.165) is 74.7 Å². The number of carbonyl (C=O) groups is 1. The first-order chi connectivity index (χ1) is 21.5. The average Bonchev–Trinajstić information content (AvgIpc) is 3.56. The third-order valence-electron chi connectivity index (χ3n) is 9.02. The van der Waals surface area contributed by atoms with Gasteiger partial charge in [-0.1, -0.05) is 40.8 Å². The molecule has 2 atom stereocenters. The Labute approximate surface area is 271 Å². The Bertz CT molecular complexity index is 1540. The van der Waals surface area contributed by atoms with Crippen molar-refractivity contribution in [1.82, 2.24) is 24.8 Å². The van der Waals surface area contributed by atoms with Gasteiger partial charge in [-0.05, 0) is 68.8 Å². The minimum Gasteiger partial charge on any atom is -0.493 e. The Hall–Kier alpha value is -3.58. The number of nitrogens with zero attached hydrogens (tertiary/aromatic N) is 5. The highest BCUT2D eigenvalue weighted by atomic mass is 127.